The molecule has 0 aliphatic carbocycles. The highest BCUT2D eigenvalue weighted by atomic mass is 35.5. The highest BCUT2D eigenvalue weighted by Crippen LogP contribution is 2.24. The Hall–Kier alpha value is -1.52. The number of hydrogen-bond donors (Lipinski definition) is 2. The summed E-state index contributed by atoms with van der Waals surface area (Å²) in [6.45, 7) is 5.95. The number of hydrogen-bond acceptors (Lipinski definition) is 3. The Labute approximate surface area is 118 Å². The van der Waals surface area contributed by atoms with E-state index < -0.39 is 5.41 Å². The lowest BCUT2D eigenvalue weighted by atomic mass is 9.97. The van der Waals surface area contributed by atoms with Crippen molar-refractivity contribution in [1.29, 1.82) is 0 Å². The van der Waals surface area contributed by atoms with Gasteiger partial charge in [-0.2, -0.15) is 0 Å². The molecule has 104 valence electrons. The summed E-state index contributed by atoms with van der Waals surface area (Å²) >= 11 is 0. The summed E-state index contributed by atoms with van der Waals surface area (Å²) in [6.07, 6.45) is 0. The van der Waals surface area contributed by atoms with Gasteiger partial charge in [-0.1, -0.05) is 0 Å². The first kappa shape index (κ1) is 15.5. The Balaban J connectivity index is 0.00000180. The molecule has 0 fully saturated rings. The molecule has 5 heteroatoms. The van der Waals surface area contributed by atoms with E-state index in [2.05, 4.69) is 4.98 Å². The molecule has 0 bridgehead atoms. The maximum absolute atomic E-state index is 11.8. The third-order valence-corrected chi connectivity index (χ3v) is 2.69. The molecule has 3 N–H and O–H groups in total. The number of benzene rings is 1. The molecule has 1 aromatic heterocycles. The number of esters is 1. The molecule has 1 aromatic carbocycles. The van der Waals surface area contributed by atoms with Gasteiger partial charge in [0.25, 0.3) is 0 Å². The second-order valence-electron chi connectivity index (χ2n) is 5.39. The normalized spacial score (nSPS) is 11.2. The van der Waals surface area contributed by atoms with E-state index in [1.807, 2.05) is 39.0 Å². The highest BCUT2D eigenvalue weighted by molar-refractivity contribution is 5.85. The van der Waals surface area contributed by atoms with Crippen LogP contribution in [0.5, 0.6) is 5.75 Å². The Morgan fingerprint density at radius 3 is 2.58 bits per heavy atom. The van der Waals surface area contributed by atoms with Gasteiger partial charge < -0.3 is 15.5 Å². The molecule has 1 heterocycles. The average molecular weight is 283 g/mol. The zero-order chi connectivity index (χ0) is 13.3. The summed E-state index contributed by atoms with van der Waals surface area (Å²) in [7, 11) is 0. The molecule has 0 radical (unpaired) electrons. The number of rotatable bonds is 2. The van der Waals surface area contributed by atoms with E-state index >= 15 is 0 Å². The van der Waals surface area contributed by atoms with Crippen molar-refractivity contribution in [1.82, 2.24) is 4.98 Å². The van der Waals surface area contributed by atoms with Gasteiger partial charge in [0.2, 0.25) is 0 Å². The molecule has 19 heavy (non-hydrogen) atoms. The van der Waals surface area contributed by atoms with Crippen LogP contribution in [0, 0.1) is 5.41 Å². The van der Waals surface area contributed by atoms with Crippen LogP contribution in [-0.4, -0.2) is 11.0 Å². The Kier molecular flexibility index (Phi) is 4.61. The maximum atomic E-state index is 11.8. The lowest BCUT2D eigenvalue weighted by Crippen LogP contribution is -2.25. The van der Waals surface area contributed by atoms with Crippen molar-refractivity contribution in [3.05, 3.63) is 30.0 Å². The zero-order valence-corrected chi connectivity index (χ0v) is 12.1. The van der Waals surface area contributed by atoms with Gasteiger partial charge in [-0.05, 0) is 45.0 Å². The number of aromatic amines is 1. The van der Waals surface area contributed by atoms with Gasteiger partial charge in [-0.25, -0.2) is 0 Å². The smallest absolute Gasteiger partial charge is 0.316 e. The zero-order valence-electron chi connectivity index (χ0n) is 11.3. The molecule has 0 saturated carbocycles. The van der Waals surface area contributed by atoms with Gasteiger partial charge in [0.1, 0.15) is 5.75 Å². The fraction of sp³-hybridized carbons (Fsp3) is 0.357. The van der Waals surface area contributed by atoms with Crippen LogP contribution in [0.1, 0.15) is 26.5 Å². The minimum atomic E-state index is -0.504. The first-order valence-electron chi connectivity index (χ1n) is 5.94. The van der Waals surface area contributed by atoms with Gasteiger partial charge in [0.15, 0.2) is 0 Å². The largest absolute Gasteiger partial charge is 0.426 e. The summed E-state index contributed by atoms with van der Waals surface area (Å²) in [5, 5.41) is 0.995. The van der Waals surface area contributed by atoms with Crippen LogP contribution in [0.2, 0.25) is 0 Å². The average Bonchev–Trinajstić information content (AvgIpc) is 2.69. The third-order valence-electron chi connectivity index (χ3n) is 2.69. The molecule has 2 rings (SSSR count). The predicted molar refractivity (Wildman–Crippen MR) is 78.5 cm³/mol. The number of aromatic nitrogens is 1. The van der Waals surface area contributed by atoms with Gasteiger partial charge in [-0.15, -0.1) is 12.4 Å². The van der Waals surface area contributed by atoms with Crippen LogP contribution in [0.4, 0.5) is 0 Å². The Morgan fingerprint density at radius 2 is 2.00 bits per heavy atom. The van der Waals surface area contributed by atoms with E-state index in [-0.39, 0.29) is 18.4 Å². The van der Waals surface area contributed by atoms with Crippen LogP contribution in [0.15, 0.2) is 24.3 Å². The number of nitrogens with two attached hydrogens (primary N) is 1. The molecule has 4 nitrogen and oxygen atoms in total. The quantitative estimate of drug-likeness (QED) is 0.657. The molecule has 0 spiro atoms. The fourth-order valence-electron chi connectivity index (χ4n) is 1.60. The van der Waals surface area contributed by atoms with Crippen molar-refractivity contribution in [2.45, 2.75) is 27.3 Å². The fourth-order valence-corrected chi connectivity index (χ4v) is 1.60. The van der Waals surface area contributed by atoms with Crippen molar-refractivity contribution < 1.29 is 9.53 Å². The molecule has 0 aliphatic heterocycles. The number of ether oxygens (including phenoxy) is 1. The van der Waals surface area contributed by atoms with Gasteiger partial charge >= 0.3 is 5.97 Å². The number of fused-ring (bicyclic) bond motifs is 1. The van der Waals surface area contributed by atoms with E-state index in [4.69, 9.17) is 10.5 Å². The maximum Gasteiger partial charge on any atom is 0.316 e. The minimum Gasteiger partial charge on any atom is -0.426 e. The number of H-pyrrole nitrogens is 1. The molecular weight excluding hydrogens is 264 g/mol. The molecule has 0 unspecified atom stereocenters. The predicted octanol–water partition coefficient (Wildman–Crippen LogP) is 3.00. The minimum absolute atomic E-state index is 0. The van der Waals surface area contributed by atoms with E-state index in [0.717, 1.165) is 16.6 Å². The second kappa shape index (κ2) is 5.63. The SMILES string of the molecule is CC(C)(C)C(=O)Oc1ccc2[nH]c(CN)cc2c1.Cl. The highest BCUT2D eigenvalue weighted by Gasteiger charge is 2.23. The lowest BCUT2D eigenvalue weighted by Gasteiger charge is -2.16. The topological polar surface area (TPSA) is 68.1 Å². The van der Waals surface area contributed by atoms with Crippen LogP contribution in [-0.2, 0) is 11.3 Å². The van der Waals surface area contributed by atoms with Crippen molar-refractivity contribution in [2.24, 2.45) is 11.1 Å². The monoisotopic (exact) mass is 282 g/mol. The van der Waals surface area contributed by atoms with Crippen LogP contribution < -0.4 is 10.5 Å². The molecule has 0 atom stereocenters. The number of halogens is 1. The Bertz CT molecular complexity index is 585. The molecule has 0 aliphatic rings. The number of nitrogens with one attached hydrogen (secondary N) is 1. The van der Waals surface area contributed by atoms with Gasteiger partial charge in [-0.3, -0.25) is 4.79 Å². The first-order chi connectivity index (χ1) is 8.40. The van der Waals surface area contributed by atoms with E-state index in [0.29, 0.717) is 12.3 Å². The van der Waals surface area contributed by atoms with E-state index in [9.17, 15) is 4.79 Å². The molecule has 0 saturated heterocycles. The molecular formula is C14H19ClN2O2. The van der Waals surface area contributed by atoms with E-state index in [1.54, 1.807) is 6.07 Å². The van der Waals surface area contributed by atoms with Crippen molar-refractivity contribution >= 4 is 29.3 Å². The summed E-state index contributed by atoms with van der Waals surface area (Å²) in [6, 6.07) is 7.47. The molecule has 0 amide bonds. The van der Waals surface area contributed by atoms with Crippen LogP contribution in [0.3, 0.4) is 0 Å². The van der Waals surface area contributed by atoms with Crippen LogP contribution in [0.25, 0.3) is 10.9 Å². The van der Waals surface area contributed by atoms with Crippen molar-refractivity contribution in [3.63, 3.8) is 0 Å². The first-order valence-corrected chi connectivity index (χ1v) is 5.94. The lowest BCUT2D eigenvalue weighted by molar-refractivity contribution is -0.142. The summed E-state index contributed by atoms with van der Waals surface area (Å²) in [5.74, 6) is 0.321. The van der Waals surface area contributed by atoms with Crippen molar-refractivity contribution in [3.8, 4) is 5.75 Å². The summed E-state index contributed by atoms with van der Waals surface area (Å²) in [5.41, 5.74) is 7.02. The molecule has 2 aromatic rings. The van der Waals surface area contributed by atoms with E-state index in [1.165, 1.54) is 0 Å². The van der Waals surface area contributed by atoms with Gasteiger partial charge in [0, 0.05) is 23.1 Å². The van der Waals surface area contributed by atoms with Crippen molar-refractivity contribution in [2.75, 3.05) is 0 Å². The number of carbonyl (C=O) groups is 1. The second-order valence-corrected chi connectivity index (χ2v) is 5.39. The third kappa shape index (κ3) is 3.49. The van der Waals surface area contributed by atoms with Gasteiger partial charge in [0.05, 0.1) is 5.41 Å². The summed E-state index contributed by atoms with van der Waals surface area (Å²) < 4.78 is 5.35. The van der Waals surface area contributed by atoms with Crippen LogP contribution >= 0.6 is 12.4 Å². The Morgan fingerprint density at radius 1 is 1.32 bits per heavy atom. The standard InChI is InChI=1S/C14H18N2O2.ClH/c1-14(2,3)13(17)18-11-4-5-12-9(7-11)6-10(8-15)16-12;/h4-7,16H,8,15H2,1-3H3;1H. The summed E-state index contributed by atoms with van der Waals surface area (Å²) in [4.78, 5) is 15.0. The number of carbonyl (C=O) groups excluding carboxylic acids is 1.